The number of morpholine rings is 1. The van der Waals surface area contributed by atoms with Crippen LogP contribution in [-0.2, 0) is 9.53 Å². The molecule has 0 aliphatic carbocycles. The summed E-state index contributed by atoms with van der Waals surface area (Å²) in [7, 11) is 0. The normalized spacial score (nSPS) is 14.1. The molecule has 1 saturated heterocycles. The summed E-state index contributed by atoms with van der Waals surface area (Å²) in [6.07, 6.45) is 1.01. The van der Waals surface area contributed by atoms with E-state index in [1.807, 2.05) is 36.4 Å². The van der Waals surface area contributed by atoms with Gasteiger partial charge in [0.2, 0.25) is 5.91 Å². The summed E-state index contributed by atoms with van der Waals surface area (Å²) in [5.41, 5.74) is 1.71. The molecule has 1 fully saturated rings. The minimum Gasteiger partial charge on any atom is -0.494 e. The lowest BCUT2D eigenvalue weighted by Gasteiger charge is -2.30. The van der Waals surface area contributed by atoms with Gasteiger partial charge >= 0.3 is 0 Å². The van der Waals surface area contributed by atoms with Crippen LogP contribution in [0.25, 0.3) is 0 Å². The van der Waals surface area contributed by atoms with Gasteiger partial charge in [0.25, 0.3) is 0 Å². The lowest BCUT2D eigenvalue weighted by atomic mass is 10.2. The summed E-state index contributed by atoms with van der Waals surface area (Å²) in [4.78, 5) is 14.6. The Kier molecular flexibility index (Phi) is 7.38. The van der Waals surface area contributed by atoms with Gasteiger partial charge in [0.15, 0.2) is 0 Å². The first-order valence-corrected chi connectivity index (χ1v) is 10.1. The number of rotatable bonds is 7. The Balaban J connectivity index is 1.51. The molecule has 2 aromatic carbocycles. The minimum absolute atomic E-state index is 0.0498. The summed E-state index contributed by atoms with van der Waals surface area (Å²) in [5.74, 6) is 0.745. The highest BCUT2D eigenvalue weighted by atomic mass is 79.9. The number of nitrogens with zero attached hydrogens (tertiary/aromatic N) is 1. The van der Waals surface area contributed by atoms with Gasteiger partial charge in [-0.1, -0.05) is 27.5 Å². The van der Waals surface area contributed by atoms with Gasteiger partial charge in [-0.3, -0.25) is 4.79 Å². The predicted octanol–water partition coefficient (Wildman–Crippen LogP) is 4.74. The highest BCUT2D eigenvalue weighted by Crippen LogP contribution is 2.30. The van der Waals surface area contributed by atoms with Crippen LogP contribution in [0.15, 0.2) is 46.9 Å². The topological polar surface area (TPSA) is 50.8 Å². The molecule has 0 unspecified atom stereocenters. The number of benzene rings is 2. The van der Waals surface area contributed by atoms with E-state index in [0.717, 1.165) is 34.7 Å². The van der Waals surface area contributed by atoms with Crippen molar-refractivity contribution < 1.29 is 14.3 Å². The molecule has 5 nitrogen and oxygen atoms in total. The molecule has 3 rings (SSSR count). The third-order valence-corrected chi connectivity index (χ3v) is 4.98. The molecule has 0 radical (unpaired) electrons. The number of carbonyl (C=O) groups excluding carboxylic acids is 1. The maximum atomic E-state index is 12.4. The average molecular weight is 454 g/mol. The number of halogens is 2. The lowest BCUT2D eigenvalue weighted by Crippen LogP contribution is -2.36. The van der Waals surface area contributed by atoms with Crippen LogP contribution < -0.4 is 15.0 Å². The molecular formula is C20H22BrClN2O3. The first-order valence-electron chi connectivity index (χ1n) is 8.92. The Morgan fingerprint density at radius 2 is 1.93 bits per heavy atom. The highest BCUT2D eigenvalue weighted by molar-refractivity contribution is 9.10. The molecule has 7 heteroatoms. The largest absolute Gasteiger partial charge is 0.494 e. The molecule has 1 aliphatic heterocycles. The van der Waals surface area contributed by atoms with Crippen LogP contribution in [0.2, 0.25) is 5.02 Å². The van der Waals surface area contributed by atoms with E-state index >= 15 is 0 Å². The van der Waals surface area contributed by atoms with E-state index in [9.17, 15) is 4.79 Å². The second-order valence-electron chi connectivity index (χ2n) is 6.22. The Morgan fingerprint density at radius 3 is 2.67 bits per heavy atom. The first kappa shape index (κ1) is 20.0. The van der Waals surface area contributed by atoms with Crippen LogP contribution in [0, 0.1) is 0 Å². The van der Waals surface area contributed by atoms with Gasteiger partial charge in [-0.25, -0.2) is 0 Å². The van der Waals surface area contributed by atoms with Gasteiger partial charge in [-0.05, 0) is 48.9 Å². The molecule has 1 amide bonds. The minimum atomic E-state index is -0.0498. The number of amides is 1. The van der Waals surface area contributed by atoms with E-state index in [1.54, 1.807) is 6.07 Å². The SMILES string of the molecule is O=C(CCCOc1ccc(Br)cc1)Nc1cc(Cl)ccc1N1CCOCC1. The third kappa shape index (κ3) is 6.13. The van der Waals surface area contributed by atoms with E-state index in [2.05, 4.69) is 26.1 Å². The number of ether oxygens (including phenoxy) is 2. The zero-order chi connectivity index (χ0) is 19.1. The first-order chi connectivity index (χ1) is 13.1. The number of nitrogens with one attached hydrogen (secondary N) is 1. The Labute approximate surface area is 172 Å². The van der Waals surface area contributed by atoms with Crippen molar-refractivity contribution in [3.05, 3.63) is 52.0 Å². The lowest BCUT2D eigenvalue weighted by molar-refractivity contribution is -0.116. The monoisotopic (exact) mass is 452 g/mol. The van der Waals surface area contributed by atoms with Gasteiger partial charge < -0.3 is 19.7 Å². The number of carbonyl (C=O) groups is 1. The molecule has 2 aromatic rings. The van der Waals surface area contributed by atoms with E-state index in [0.29, 0.717) is 37.7 Å². The Bertz CT molecular complexity index is 764. The second-order valence-corrected chi connectivity index (χ2v) is 7.57. The molecular weight excluding hydrogens is 432 g/mol. The summed E-state index contributed by atoms with van der Waals surface area (Å²) in [5, 5.41) is 3.59. The quantitative estimate of drug-likeness (QED) is 0.615. The van der Waals surface area contributed by atoms with Crippen LogP contribution in [-0.4, -0.2) is 38.8 Å². The average Bonchev–Trinajstić information content (AvgIpc) is 2.67. The van der Waals surface area contributed by atoms with E-state index < -0.39 is 0 Å². The number of hydrogen-bond acceptors (Lipinski definition) is 4. The molecule has 1 N–H and O–H groups in total. The van der Waals surface area contributed by atoms with Gasteiger partial charge in [-0.2, -0.15) is 0 Å². The van der Waals surface area contributed by atoms with Gasteiger partial charge in [-0.15, -0.1) is 0 Å². The van der Waals surface area contributed by atoms with Crippen molar-refractivity contribution >= 4 is 44.8 Å². The fourth-order valence-corrected chi connectivity index (χ4v) is 3.29. The third-order valence-electron chi connectivity index (χ3n) is 4.22. The van der Waals surface area contributed by atoms with E-state index in [-0.39, 0.29) is 5.91 Å². The Hall–Kier alpha value is -1.76. The van der Waals surface area contributed by atoms with Crippen molar-refractivity contribution in [3.63, 3.8) is 0 Å². The maximum absolute atomic E-state index is 12.4. The fraction of sp³-hybridized carbons (Fsp3) is 0.350. The van der Waals surface area contributed by atoms with E-state index in [4.69, 9.17) is 21.1 Å². The fourth-order valence-electron chi connectivity index (χ4n) is 2.85. The van der Waals surface area contributed by atoms with Crippen molar-refractivity contribution in [2.24, 2.45) is 0 Å². The van der Waals surface area contributed by atoms with E-state index in [1.165, 1.54) is 0 Å². The summed E-state index contributed by atoms with van der Waals surface area (Å²) < 4.78 is 12.1. The van der Waals surface area contributed by atoms with Crippen LogP contribution in [0.4, 0.5) is 11.4 Å². The van der Waals surface area contributed by atoms with Gasteiger partial charge in [0.05, 0.1) is 31.2 Å². The number of hydrogen-bond donors (Lipinski definition) is 1. The van der Waals surface area contributed by atoms with Crippen molar-refractivity contribution in [2.45, 2.75) is 12.8 Å². The van der Waals surface area contributed by atoms with Crippen molar-refractivity contribution in [2.75, 3.05) is 43.1 Å². The predicted molar refractivity (Wildman–Crippen MR) is 112 cm³/mol. The zero-order valence-corrected chi connectivity index (χ0v) is 17.3. The number of anilines is 2. The van der Waals surface area contributed by atoms with Crippen LogP contribution in [0.3, 0.4) is 0 Å². The van der Waals surface area contributed by atoms with Crippen LogP contribution in [0.1, 0.15) is 12.8 Å². The molecule has 144 valence electrons. The highest BCUT2D eigenvalue weighted by Gasteiger charge is 2.16. The summed E-state index contributed by atoms with van der Waals surface area (Å²) >= 11 is 9.52. The van der Waals surface area contributed by atoms with Crippen LogP contribution >= 0.6 is 27.5 Å². The van der Waals surface area contributed by atoms with Gasteiger partial charge in [0, 0.05) is 29.0 Å². The van der Waals surface area contributed by atoms with Gasteiger partial charge in [0.1, 0.15) is 5.75 Å². The molecule has 0 spiro atoms. The molecule has 0 bridgehead atoms. The summed E-state index contributed by atoms with van der Waals surface area (Å²) in [6.45, 7) is 3.45. The Morgan fingerprint density at radius 1 is 1.19 bits per heavy atom. The molecule has 1 aliphatic rings. The smallest absolute Gasteiger partial charge is 0.224 e. The van der Waals surface area contributed by atoms with Crippen LogP contribution in [0.5, 0.6) is 5.75 Å². The standard InChI is InChI=1S/C20H22BrClN2O3/c21-15-3-6-17(7-4-15)27-11-1-2-20(25)23-18-14-16(22)5-8-19(18)24-9-12-26-13-10-24/h3-8,14H,1-2,9-13H2,(H,23,25). The zero-order valence-electron chi connectivity index (χ0n) is 14.9. The molecule has 1 heterocycles. The molecule has 0 aromatic heterocycles. The summed E-state index contributed by atoms with van der Waals surface area (Å²) in [6, 6.07) is 13.2. The maximum Gasteiger partial charge on any atom is 0.224 e. The van der Waals surface area contributed by atoms with Crippen molar-refractivity contribution in [1.29, 1.82) is 0 Å². The van der Waals surface area contributed by atoms with Crippen molar-refractivity contribution in [1.82, 2.24) is 0 Å². The molecule has 0 saturated carbocycles. The van der Waals surface area contributed by atoms with Crippen molar-refractivity contribution in [3.8, 4) is 5.75 Å². The molecule has 27 heavy (non-hydrogen) atoms. The second kappa shape index (κ2) is 9.97. The molecule has 0 atom stereocenters.